The van der Waals surface area contributed by atoms with Crippen molar-refractivity contribution in [2.45, 2.75) is 26.2 Å². The van der Waals surface area contributed by atoms with Crippen molar-refractivity contribution in [3.8, 4) is 22.8 Å². The van der Waals surface area contributed by atoms with Crippen molar-refractivity contribution in [2.75, 3.05) is 7.11 Å². The molecular formula is C18H18N6O2. The zero-order valence-corrected chi connectivity index (χ0v) is 14.6. The molecule has 8 heteroatoms. The Labute approximate surface area is 149 Å². The van der Waals surface area contributed by atoms with E-state index in [0.29, 0.717) is 25.1 Å². The van der Waals surface area contributed by atoms with E-state index in [1.807, 2.05) is 35.7 Å². The number of rotatable bonds is 5. The highest BCUT2D eigenvalue weighted by molar-refractivity contribution is 5.75. The summed E-state index contributed by atoms with van der Waals surface area (Å²) in [7, 11) is 1.39. The van der Waals surface area contributed by atoms with Crippen LogP contribution in [0.2, 0.25) is 0 Å². The van der Waals surface area contributed by atoms with Gasteiger partial charge in [0.15, 0.2) is 17.3 Å². The van der Waals surface area contributed by atoms with Crippen LogP contribution in [0.5, 0.6) is 0 Å². The molecule has 0 radical (unpaired) electrons. The molecule has 0 saturated heterocycles. The van der Waals surface area contributed by atoms with Crippen LogP contribution in [0, 0.1) is 6.92 Å². The van der Waals surface area contributed by atoms with E-state index in [0.717, 1.165) is 28.4 Å². The predicted octanol–water partition coefficient (Wildman–Crippen LogP) is 2.42. The molecule has 0 aliphatic carbocycles. The molecule has 1 aromatic carbocycles. The maximum Gasteiger partial charge on any atom is 0.305 e. The zero-order chi connectivity index (χ0) is 18.1. The summed E-state index contributed by atoms with van der Waals surface area (Å²) in [6.07, 6.45) is 3.22. The number of fused-ring (bicyclic) bond motifs is 3. The lowest BCUT2D eigenvalue weighted by atomic mass is 10.1. The number of aromatic nitrogens is 6. The van der Waals surface area contributed by atoms with Crippen molar-refractivity contribution in [1.29, 1.82) is 0 Å². The summed E-state index contributed by atoms with van der Waals surface area (Å²) in [5.74, 6) is 1.82. The Hall–Kier alpha value is -3.29. The number of carbonyl (C=O) groups is 1. The van der Waals surface area contributed by atoms with E-state index >= 15 is 0 Å². The van der Waals surface area contributed by atoms with Crippen LogP contribution in [0.15, 0.2) is 30.5 Å². The molecule has 3 heterocycles. The van der Waals surface area contributed by atoms with E-state index < -0.39 is 0 Å². The lowest BCUT2D eigenvalue weighted by Crippen LogP contribution is -2.07. The number of ether oxygens (including phenoxy) is 1. The molecule has 0 saturated carbocycles. The number of methoxy groups -OCH3 is 1. The highest BCUT2D eigenvalue weighted by atomic mass is 16.5. The normalized spacial score (nSPS) is 11.3. The van der Waals surface area contributed by atoms with E-state index in [1.54, 1.807) is 6.20 Å². The SMILES string of the molecule is COC(=O)CCCc1nc2nncc-2c2nc(-c3ccc(C)cc3)[nH]n12. The lowest BCUT2D eigenvalue weighted by Gasteiger charge is -2.06. The van der Waals surface area contributed by atoms with Crippen LogP contribution < -0.4 is 0 Å². The minimum Gasteiger partial charge on any atom is -0.469 e. The van der Waals surface area contributed by atoms with E-state index in [4.69, 9.17) is 9.72 Å². The summed E-state index contributed by atoms with van der Waals surface area (Å²) in [6.45, 7) is 2.05. The number of nitrogens with zero attached hydrogens (tertiary/aromatic N) is 5. The highest BCUT2D eigenvalue weighted by Gasteiger charge is 2.19. The van der Waals surface area contributed by atoms with Crippen molar-refractivity contribution in [3.63, 3.8) is 0 Å². The van der Waals surface area contributed by atoms with Gasteiger partial charge in [-0.25, -0.2) is 14.5 Å². The number of aromatic amines is 1. The fourth-order valence-electron chi connectivity index (χ4n) is 2.87. The third-order valence-electron chi connectivity index (χ3n) is 4.30. The van der Waals surface area contributed by atoms with Crippen LogP contribution in [0.25, 0.3) is 28.4 Å². The van der Waals surface area contributed by atoms with Crippen molar-refractivity contribution in [2.24, 2.45) is 0 Å². The molecule has 0 atom stereocenters. The Kier molecular flexibility index (Phi) is 4.08. The molecule has 8 nitrogen and oxygen atoms in total. The maximum absolute atomic E-state index is 11.4. The first-order chi connectivity index (χ1) is 12.7. The summed E-state index contributed by atoms with van der Waals surface area (Å²) in [5, 5.41) is 11.3. The highest BCUT2D eigenvalue weighted by Crippen LogP contribution is 2.25. The fourth-order valence-corrected chi connectivity index (χ4v) is 2.87. The molecule has 0 fully saturated rings. The third-order valence-corrected chi connectivity index (χ3v) is 4.30. The van der Waals surface area contributed by atoms with Gasteiger partial charge in [0.1, 0.15) is 5.82 Å². The Morgan fingerprint density at radius 1 is 1.23 bits per heavy atom. The number of hydrogen-bond donors (Lipinski definition) is 1. The Balaban J connectivity index is 1.76. The average molecular weight is 350 g/mol. The number of nitrogens with one attached hydrogen (secondary N) is 1. The molecule has 132 valence electrons. The first kappa shape index (κ1) is 16.2. The molecule has 0 bridgehead atoms. The van der Waals surface area contributed by atoms with E-state index in [9.17, 15) is 4.79 Å². The second-order valence-electron chi connectivity index (χ2n) is 6.14. The number of benzene rings is 1. The van der Waals surface area contributed by atoms with Crippen molar-refractivity contribution >= 4 is 11.6 Å². The van der Waals surface area contributed by atoms with Crippen molar-refractivity contribution in [3.05, 3.63) is 41.9 Å². The van der Waals surface area contributed by atoms with Gasteiger partial charge < -0.3 is 4.74 Å². The quantitative estimate of drug-likeness (QED) is 0.555. The van der Waals surface area contributed by atoms with Gasteiger partial charge in [0, 0.05) is 18.4 Å². The number of esters is 1. The van der Waals surface area contributed by atoms with Crippen LogP contribution >= 0.6 is 0 Å². The van der Waals surface area contributed by atoms with Crippen LogP contribution in [-0.4, -0.2) is 42.9 Å². The summed E-state index contributed by atoms with van der Waals surface area (Å²) in [4.78, 5) is 20.7. The average Bonchev–Trinajstić information content (AvgIpc) is 3.28. The fraction of sp³-hybridized carbons (Fsp3) is 0.278. The van der Waals surface area contributed by atoms with Gasteiger partial charge in [0.25, 0.3) is 0 Å². The van der Waals surface area contributed by atoms with Crippen molar-refractivity contribution < 1.29 is 9.53 Å². The van der Waals surface area contributed by atoms with Gasteiger partial charge in [-0.2, -0.15) is 5.10 Å². The molecule has 1 aromatic heterocycles. The summed E-state index contributed by atoms with van der Waals surface area (Å²) in [6, 6.07) is 8.14. The van der Waals surface area contributed by atoms with E-state index in [1.165, 1.54) is 12.7 Å². The summed E-state index contributed by atoms with van der Waals surface area (Å²) < 4.78 is 6.54. The molecule has 2 aliphatic heterocycles. The molecule has 2 aliphatic rings. The Bertz CT molecular complexity index is 1030. The van der Waals surface area contributed by atoms with Gasteiger partial charge in [0.2, 0.25) is 0 Å². The predicted molar refractivity (Wildman–Crippen MR) is 94.7 cm³/mol. The topological polar surface area (TPSA) is 98.1 Å². The van der Waals surface area contributed by atoms with Crippen LogP contribution in [-0.2, 0) is 16.0 Å². The van der Waals surface area contributed by atoms with Gasteiger partial charge in [-0.05, 0) is 13.3 Å². The molecular weight excluding hydrogens is 332 g/mol. The first-order valence-corrected chi connectivity index (χ1v) is 8.38. The molecule has 1 N–H and O–H groups in total. The maximum atomic E-state index is 11.4. The Morgan fingerprint density at radius 3 is 2.81 bits per heavy atom. The summed E-state index contributed by atoms with van der Waals surface area (Å²) in [5.41, 5.74) is 3.69. The first-order valence-electron chi connectivity index (χ1n) is 8.38. The van der Waals surface area contributed by atoms with Crippen LogP contribution in [0.3, 0.4) is 0 Å². The molecule has 0 spiro atoms. The number of carbonyl (C=O) groups excluding carboxylic acids is 1. The van der Waals surface area contributed by atoms with Gasteiger partial charge in [-0.3, -0.25) is 9.89 Å². The van der Waals surface area contributed by atoms with Crippen LogP contribution in [0.1, 0.15) is 24.2 Å². The molecule has 0 unspecified atom stereocenters. The van der Waals surface area contributed by atoms with E-state index in [-0.39, 0.29) is 5.97 Å². The third kappa shape index (κ3) is 2.90. The standard InChI is InChI=1S/C18H18N6O2/c1-11-6-8-12(9-7-11)16-21-18-13-10-19-22-17(13)20-14(24(18)23-16)4-3-5-15(25)26-2/h6-10H,3-5H2,1-2H3,(H,21,23). The molecule has 0 amide bonds. The minimum atomic E-state index is -0.231. The molecule has 4 rings (SSSR count). The van der Waals surface area contributed by atoms with Crippen molar-refractivity contribution in [1.82, 2.24) is 29.8 Å². The second kappa shape index (κ2) is 6.55. The molecule has 2 aromatic rings. The minimum absolute atomic E-state index is 0.231. The smallest absolute Gasteiger partial charge is 0.305 e. The van der Waals surface area contributed by atoms with Crippen LogP contribution in [0.4, 0.5) is 0 Å². The summed E-state index contributed by atoms with van der Waals surface area (Å²) >= 11 is 0. The van der Waals surface area contributed by atoms with Gasteiger partial charge in [-0.1, -0.05) is 29.8 Å². The number of aryl methyl sites for hydroxylation is 2. The zero-order valence-electron chi connectivity index (χ0n) is 14.6. The number of hydrogen-bond acceptors (Lipinski definition) is 6. The lowest BCUT2D eigenvalue weighted by molar-refractivity contribution is -0.140. The van der Waals surface area contributed by atoms with Gasteiger partial charge >= 0.3 is 5.97 Å². The Morgan fingerprint density at radius 2 is 2.04 bits per heavy atom. The van der Waals surface area contributed by atoms with Gasteiger partial charge in [0.05, 0.1) is 18.9 Å². The monoisotopic (exact) mass is 350 g/mol. The largest absolute Gasteiger partial charge is 0.469 e. The van der Waals surface area contributed by atoms with Gasteiger partial charge in [-0.15, -0.1) is 5.10 Å². The number of H-pyrrole nitrogens is 1. The second-order valence-corrected chi connectivity index (χ2v) is 6.14. The van der Waals surface area contributed by atoms with E-state index in [2.05, 4.69) is 20.3 Å². The molecule has 26 heavy (non-hydrogen) atoms.